The van der Waals surface area contributed by atoms with E-state index in [1.54, 1.807) is 11.8 Å². The zero-order chi connectivity index (χ0) is 9.92. The second-order valence-corrected chi connectivity index (χ2v) is 5.48. The van der Waals surface area contributed by atoms with Gasteiger partial charge in [-0.15, -0.1) is 11.8 Å². The maximum atomic E-state index is 11.8. The summed E-state index contributed by atoms with van der Waals surface area (Å²) >= 11 is 1.77. The second kappa shape index (κ2) is 2.64. The van der Waals surface area contributed by atoms with Crippen LogP contribution >= 0.6 is 11.8 Å². The van der Waals surface area contributed by atoms with E-state index in [1.807, 2.05) is 0 Å². The molecule has 2 nitrogen and oxygen atoms in total. The number of hydrogen-bond donors (Lipinski definition) is 0. The third-order valence-corrected chi connectivity index (χ3v) is 4.97. The summed E-state index contributed by atoms with van der Waals surface area (Å²) in [5.74, 6) is 0.860. The highest BCUT2D eigenvalue weighted by atomic mass is 32.2. The SMILES string of the molecule is CSC1=C[C@H]2O[C@@H]1[C@@H]1CCC(=O)[C@]21C. The number of Topliss-reactive ketones (excluding diaryl/α,β-unsaturated/α-hetero) is 1. The van der Waals surface area contributed by atoms with E-state index in [0.29, 0.717) is 11.7 Å². The Morgan fingerprint density at radius 2 is 2.43 bits per heavy atom. The standard InChI is InChI=1S/C11H14O2S/c1-11-6(3-4-8(11)12)10-7(14-2)5-9(11)13-10/h5-6,9-10H,3-4H2,1-2H3/t6-,9+,10+,11+/m0/s1. The number of hydrogen-bond acceptors (Lipinski definition) is 3. The van der Waals surface area contributed by atoms with Crippen molar-refractivity contribution in [2.24, 2.45) is 11.3 Å². The fourth-order valence-electron chi connectivity index (χ4n) is 3.20. The fourth-order valence-corrected chi connectivity index (χ4v) is 3.91. The van der Waals surface area contributed by atoms with Crippen molar-refractivity contribution in [3.8, 4) is 0 Å². The molecule has 0 unspecified atom stereocenters. The van der Waals surface area contributed by atoms with E-state index < -0.39 is 0 Å². The topological polar surface area (TPSA) is 26.3 Å². The number of rotatable bonds is 1. The molecule has 3 heteroatoms. The van der Waals surface area contributed by atoms with Crippen LogP contribution in [-0.4, -0.2) is 24.2 Å². The van der Waals surface area contributed by atoms with Gasteiger partial charge in [0.05, 0.1) is 17.6 Å². The van der Waals surface area contributed by atoms with Crippen LogP contribution in [-0.2, 0) is 9.53 Å². The first-order chi connectivity index (χ1) is 6.67. The molecule has 2 aliphatic heterocycles. The molecule has 0 spiro atoms. The summed E-state index contributed by atoms with van der Waals surface area (Å²) in [6.45, 7) is 2.09. The van der Waals surface area contributed by atoms with Gasteiger partial charge in [0.15, 0.2) is 0 Å². The van der Waals surface area contributed by atoms with Gasteiger partial charge in [0, 0.05) is 17.2 Å². The zero-order valence-corrected chi connectivity index (χ0v) is 9.26. The average Bonchev–Trinajstić information content (AvgIpc) is 2.78. The van der Waals surface area contributed by atoms with Crippen molar-refractivity contribution in [2.75, 3.05) is 6.26 Å². The van der Waals surface area contributed by atoms with Crippen LogP contribution in [0.2, 0.25) is 0 Å². The molecule has 2 bridgehead atoms. The Bertz CT molecular complexity index is 336. The third kappa shape index (κ3) is 0.812. The molecule has 0 amide bonds. The minimum absolute atomic E-state index is 0.0648. The molecular weight excluding hydrogens is 196 g/mol. The Balaban J connectivity index is 2.04. The van der Waals surface area contributed by atoms with Gasteiger partial charge in [0.25, 0.3) is 0 Å². The van der Waals surface area contributed by atoms with Crippen molar-refractivity contribution in [2.45, 2.75) is 32.0 Å². The Morgan fingerprint density at radius 3 is 3.14 bits per heavy atom. The summed E-state index contributed by atoms with van der Waals surface area (Å²) in [5.41, 5.74) is -0.191. The number of carbonyl (C=O) groups is 1. The predicted molar refractivity (Wildman–Crippen MR) is 56.1 cm³/mol. The Kier molecular flexibility index (Phi) is 1.69. The Labute approximate surface area is 88.1 Å². The van der Waals surface area contributed by atoms with Crippen LogP contribution in [0.1, 0.15) is 19.8 Å². The Hall–Kier alpha value is -0.280. The lowest BCUT2D eigenvalue weighted by Crippen LogP contribution is -2.37. The van der Waals surface area contributed by atoms with Gasteiger partial charge in [0.2, 0.25) is 0 Å². The number of carbonyl (C=O) groups excluding carboxylic acids is 1. The van der Waals surface area contributed by atoms with Crippen LogP contribution in [0.3, 0.4) is 0 Å². The van der Waals surface area contributed by atoms with Gasteiger partial charge < -0.3 is 4.74 Å². The van der Waals surface area contributed by atoms with Crippen molar-refractivity contribution in [1.29, 1.82) is 0 Å². The molecule has 0 radical (unpaired) electrons. The summed E-state index contributed by atoms with van der Waals surface area (Å²) in [6, 6.07) is 0. The van der Waals surface area contributed by atoms with E-state index in [2.05, 4.69) is 19.3 Å². The average molecular weight is 210 g/mol. The van der Waals surface area contributed by atoms with Gasteiger partial charge in [-0.05, 0) is 25.7 Å². The van der Waals surface area contributed by atoms with Gasteiger partial charge in [-0.2, -0.15) is 0 Å². The molecule has 0 aromatic rings. The number of ketones is 1. The highest BCUT2D eigenvalue weighted by Crippen LogP contribution is 2.58. The lowest BCUT2D eigenvalue weighted by atomic mass is 9.72. The molecule has 14 heavy (non-hydrogen) atoms. The second-order valence-electron chi connectivity index (χ2n) is 4.60. The van der Waals surface area contributed by atoms with Gasteiger partial charge in [-0.25, -0.2) is 0 Å². The van der Waals surface area contributed by atoms with E-state index in [9.17, 15) is 4.79 Å². The molecule has 0 N–H and O–H groups in total. The lowest BCUT2D eigenvalue weighted by molar-refractivity contribution is -0.127. The third-order valence-electron chi connectivity index (χ3n) is 4.13. The van der Waals surface area contributed by atoms with Gasteiger partial charge in [-0.1, -0.05) is 0 Å². The van der Waals surface area contributed by atoms with Crippen LogP contribution in [0.15, 0.2) is 11.0 Å². The first-order valence-corrected chi connectivity index (χ1v) is 6.35. The van der Waals surface area contributed by atoms with Crippen LogP contribution in [0.4, 0.5) is 0 Å². The van der Waals surface area contributed by atoms with Crippen LogP contribution < -0.4 is 0 Å². The summed E-state index contributed by atoms with van der Waals surface area (Å²) in [4.78, 5) is 13.2. The molecular formula is C11H14O2S. The first kappa shape index (κ1) is 8.98. The van der Waals surface area contributed by atoms with Gasteiger partial charge in [0.1, 0.15) is 5.78 Å². The maximum Gasteiger partial charge on any atom is 0.142 e. The lowest BCUT2D eigenvalue weighted by Gasteiger charge is -2.29. The molecule has 2 heterocycles. The van der Waals surface area contributed by atoms with E-state index in [1.165, 1.54) is 4.91 Å². The molecule has 3 aliphatic rings. The largest absolute Gasteiger partial charge is 0.364 e. The summed E-state index contributed by atoms with van der Waals surface area (Å²) in [5, 5.41) is 0. The fraction of sp³-hybridized carbons (Fsp3) is 0.727. The quantitative estimate of drug-likeness (QED) is 0.662. The Morgan fingerprint density at radius 1 is 1.64 bits per heavy atom. The van der Waals surface area contributed by atoms with E-state index >= 15 is 0 Å². The van der Waals surface area contributed by atoms with E-state index in [-0.39, 0.29) is 17.6 Å². The summed E-state index contributed by atoms with van der Waals surface area (Å²) < 4.78 is 5.88. The molecule has 2 fully saturated rings. The zero-order valence-electron chi connectivity index (χ0n) is 8.45. The minimum atomic E-state index is -0.191. The molecule has 1 aliphatic carbocycles. The van der Waals surface area contributed by atoms with Crippen LogP contribution in [0.25, 0.3) is 0 Å². The number of ether oxygens (including phenoxy) is 1. The molecule has 76 valence electrons. The maximum absolute atomic E-state index is 11.8. The summed E-state index contributed by atoms with van der Waals surface area (Å²) in [6.07, 6.45) is 6.32. The van der Waals surface area contributed by atoms with Crippen molar-refractivity contribution in [1.82, 2.24) is 0 Å². The molecule has 0 aromatic carbocycles. The van der Waals surface area contributed by atoms with Crippen LogP contribution in [0.5, 0.6) is 0 Å². The van der Waals surface area contributed by atoms with Crippen molar-refractivity contribution < 1.29 is 9.53 Å². The number of thioether (sulfide) groups is 1. The minimum Gasteiger partial charge on any atom is -0.364 e. The van der Waals surface area contributed by atoms with E-state index in [4.69, 9.17) is 4.74 Å². The summed E-state index contributed by atoms with van der Waals surface area (Å²) in [7, 11) is 0. The van der Waals surface area contributed by atoms with Crippen molar-refractivity contribution in [3.63, 3.8) is 0 Å². The molecule has 4 atom stereocenters. The van der Waals surface area contributed by atoms with Crippen molar-refractivity contribution in [3.05, 3.63) is 11.0 Å². The van der Waals surface area contributed by atoms with Crippen LogP contribution in [0, 0.1) is 11.3 Å². The highest BCUT2D eigenvalue weighted by Gasteiger charge is 2.63. The predicted octanol–water partition coefficient (Wildman–Crippen LogP) is 2.00. The molecule has 0 aromatic heterocycles. The highest BCUT2D eigenvalue weighted by molar-refractivity contribution is 8.02. The van der Waals surface area contributed by atoms with Gasteiger partial charge >= 0.3 is 0 Å². The first-order valence-electron chi connectivity index (χ1n) is 5.12. The molecule has 1 saturated heterocycles. The smallest absolute Gasteiger partial charge is 0.142 e. The van der Waals surface area contributed by atoms with E-state index in [0.717, 1.165) is 12.8 Å². The normalized spacial score (nSPS) is 49.7. The monoisotopic (exact) mass is 210 g/mol. The molecule has 3 rings (SSSR count). The van der Waals surface area contributed by atoms with Gasteiger partial charge in [-0.3, -0.25) is 4.79 Å². The molecule has 1 saturated carbocycles. The number of fused-ring (bicyclic) bond motifs is 5. The van der Waals surface area contributed by atoms with Crippen molar-refractivity contribution >= 4 is 17.5 Å².